The zero-order valence-corrected chi connectivity index (χ0v) is 12.5. The molecule has 0 aromatic carbocycles. The summed E-state index contributed by atoms with van der Waals surface area (Å²) < 4.78 is 11.1. The molecule has 0 heterocycles. The Kier molecular flexibility index (Phi) is 6.40. The minimum Gasteiger partial charge on any atom is -0.322 e. The van der Waals surface area contributed by atoms with Crippen LogP contribution in [0.2, 0.25) is 19.6 Å². The lowest BCUT2D eigenvalue weighted by Gasteiger charge is -2.26. The van der Waals surface area contributed by atoms with Crippen molar-refractivity contribution >= 4 is 35.6 Å². The van der Waals surface area contributed by atoms with E-state index in [-0.39, 0.29) is 0 Å². The Balaban J connectivity index is 4.33. The molecule has 0 N–H and O–H groups in total. The second-order valence-electron chi connectivity index (χ2n) is 3.49. The van der Waals surface area contributed by atoms with Gasteiger partial charge >= 0.3 is 0 Å². The standard InChI is InChI=1S/C7H19O2PS2Si/c1-6-8-10(11,9-7-2)12-13(3,4)5/h6-7H2,1-5H3. The minimum atomic E-state index is -2.03. The van der Waals surface area contributed by atoms with Crippen molar-refractivity contribution in [2.75, 3.05) is 13.2 Å². The van der Waals surface area contributed by atoms with Crippen LogP contribution in [0.5, 0.6) is 0 Å². The van der Waals surface area contributed by atoms with Gasteiger partial charge in [-0.2, -0.15) is 0 Å². The van der Waals surface area contributed by atoms with Gasteiger partial charge < -0.3 is 9.05 Å². The summed E-state index contributed by atoms with van der Waals surface area (Å²) in [4.78, 5) is 0. The molecule has 6 heteroatoms. The van der Waals surface area contributed by atoms with E-state index in [1.54, 1.807) is 10.8 Å². The van der Waals surface area contributed by atoms with Crippen molar-refractivity contribution in [2.24, 2.45) is 0 Å². The molecule has 0 amide bonds. The SMILES string of the molecule is CCOP(=S)(OCC)S[Si](C)(C)C. The summed E-state index contributed by atoms with van der Waals surface area (Å²) in [6.45, 7) is 12.0. The smallest absolute Gasteiger partial charge is 0.241 e. The molecule has 13 heavy (non-hydrogen) atoms. The molecule has 80 valence electrons. The fourth-order valence-corrected chi connectivity index (χ4v) is 18.8. The van der Waals surface area contributed by atoms with Gasteiger partial charge in [-0.1, -0.05) is 30.5 Å². The van der Waals surface area contributed by atoms with Crippen molar-refractivity contribution in [2.45, 2.75) is 33.5 Å². The Bertz CT molecular complexity index is 183. The molecule has 0 rings (SSSR count). The van der Waals surface area contributed by atoms with Crippen molar-refractivity contribution in [1.29, 1.82) is 0 Å². The molecule has 0 fully saturated rings. The van der Waals surface area contributed by atoms with Gasteiger partial charge in [0.05, 0.1) is 13.2 Å². The summed E-state index contributed by atoms with van der Waals surface area (Å²) in [6, 6.07) is 0. The molecule has 0 saturated heterocycles. The van der Waals surface area contributed by atoms with Crippen molar-refractivity contribution in [3.05, 3.63) is 0 Å². The first-order valence-corrected chi connectivity index (χ1v) is 12.7. The second kappa shape index (κ2) is 5.88. The van der Waals surface area contributed by atoms with E-state index in [0.29, 0.717) is 13.2 Å². The van der Waals surface area contributed by atoms with Crippen LogP contribution < -0.4 is 0 Å². The molecule has 0 aliphatic heterocycles. The topological polar surface area (TPSA) is 18.5 Å². The third-order valence-corrected chi connectivity index (χ3v) is 15.4. The average Bonchev–Trinajstić information content (AvgIpc) is 1.82. The number of hydrogen-bond acceptors (Lipinski definition) is 4. The van der Waals surface area contributed by atoms with Gasteiger partial charge in [-0.25, -0.2) is 0 Å². The maximum atomic E-state index is 5.55. The first-order valence-electron chi connectivity index (χ1n) is 4.43. The predicted molar refractivity (Wildman–Crippen MR) is 68.5 cm³/mol. The van der Waals surface area contributed by atoms with Crippen LogP contribution in [0.4, 0.5) is 0 Å². The highest BCUT2D eigenvalue weighted by Gasteiger charge is 2.28. The third-order valence-electron chi connectivity index (χ3n) is 0.960. The highest BCUT2D eigenvalue weighted by Crippen LogP contribution is 2.64. The Morgan fingerprint density at radius 3 is 1.77 bits per heavy atom. The molecular formula is C7H19O2PS2Si. The summed E-state index contributed by atoms with van der Waals surface area (Å²) in [6.07, 6.45) is 0. The summed E-state index contributed by atoms with van der Waals surface area (Å²) in [7, 11) is 0.518. The van der Waals surface area contributed by atoms with E-state index in [1.165, 1.54) is 0 Å². The average molecular weight is 258 g/mol. The van der Waals surface area contributed by atoms with Gasteiger partial charge in [-0.3, -0.25) is 0 Å². The van der Waals surface area contributed by atoms with Crippen LogP contribution in [0, 0.1) is 0 Å². The van der Waals surface area contributed by atoms with E-state index < -0.39 is 12.9 Å². The Morgan fingerprint density at radius 1 is 1.15 bits per heavy atom. The van der Waals surface area contributed by atoms with Gasteiger partial charge in [-0.15, -0.1) is 0 Å². The molecule has 0 spiro atoms. The minimum absolute atomic E-state index is 0.648. The Hall–Kier alpha value is 1.14. The first kappa shape index (κ1) is 14.1. The molecule has 0 aliphatic carbocycles. The Labute approximate surface area is 91.3 Å². The van der Waals surface area contributed by atoms with Crippen LogP contribution in [-0.2, 0) is 20.9 Å². The van der Waals surface area contributed by atoms with Crippen molar-refractivity contribution in [3.63, 3.8) is 0 Å². The molecular weight excluding hydrogens is 239 g/mol. The van der Waals surface area contributed by atoms with E-state index in [2.05, 4.69) is 19.6 Å². The van der Waals surface area contributed by atoms with Crippen LogP contribution >= 0.6 is 16.5 Å². The fourth-order valence-electron chi connectivity index (χ4n) is 0.742. The normalized spacial score (nSPS) is 13.3. The van der Waals surface area contributed by atoms with Crippen LogP contribution in [0.25, 0.3) is 0 Å². The molecule has 0 atom stereocenters. The zero-order valence-electron chi connectivity index (χ0n) is 8.99. The molecule has 2 nitrogen and oxygen atoms in total. The van der Waals surface area contributed by atoms with Crippen LogP contribution in [0.15, 0.2) is 0 Å². The van der Waals surface area contributed by atoms with E-state index in [0.717, 1.165) is 0 Å². The largest absolute Gasteiger partial charge is 0.322 e. The molecule has 0 bridgehead atoms. The summed E-state index contributed by atoms with van der Waals surface area (Å²) in [5.41, 5.74) is -2.03. The molecule has 0 radical (unpaired) electrons. The molecule has 0 aliphatic rings. The third kappa shape index (κ3) is 7.11. The van der Waals surface area contributed by atoms with Gasteiger partial charge in [0.2, 0.25) is 5.69 Å². The van der Waals surface area contributed by atoms with Crippen LogP contribution in [0.1, 0.15) is 13.8 Å². The van der Waals surface area contributed by atoms with Gasteiger partial charge in [-0.05, 0) is 25.7 Å². The van der Waals surface area contributed by atoms with Gasteiger partial charge in [0, 0.05) is 0 Å². The van der Waals surface area contributed by atoms with E-state index >= 15 is 0 Å². The Morgan fingerprint density at radius 2 is 1.54 bits per heavy atom. The van der Waals surface area contributed by atoms with Gasteiger partial charge in [0.25, 0.3) is 0 Å². The molecule has 0 unspecified atom stereocenters. The predicted octanol–water partition coefficient (Wildman–Crippen LogP) is 3.85. The second-order valence-corrected chi connectivity index (χ2v) is 18.7. The first-order chi connectivity index (χ1) is 5.83. The van der Waals surface area contributed by atoms with E-state index in [4.69, 9.17) is 20.9 Å². The highest BCUT2D eigenvalue weighted by atomic mass is 33.0. The van der Waals surface area contributed by atoms with E-state index in [1.807, 2.05) is 13.8 Å². The maximum Gasteiger partial charge on any atom is 0.241 e. The summed E-state index contributed by atoms with van der Waals surface area (Å²) in [5, 5.41) is 0. The molecule has 0 saturated carbocycles. The van der Waals surface area contributed by atoms with Crippen LogP contribution in [0.3, 0.4) is 0 Å². The number of rotatable bonds is 6. The van der Waals surface area contributed by atoms with Crippen molar-refractivity contribution < 1.29 is 9.05 Å². The van der Waals surface area contributed by atoms with Gasteiger partial charge in [0.1, 0.15) is 7.22 Å². The van der Waals surface area contributed by atoms with Crippen LogP contribution in [-0.4, -0.2) is 20.4 Å². The molecule has 0 aromatic heterocycles. The highest BCUT2D eigenvalue weighted by molar-refractivity contribution is 8.79. The maximum absolute atomic E-state index is 5.55. The molecule has 0 aromatic rings. The fraction of sp³-hybridized carbons (Fsp3) is 1.00. The lowest BCUT2D eigenvalue weighted by atomic mass is 10.9. The summed E-state index contributed by atoms with van der Waals surface area (Å²) in [5.74, 6) is 0. The van der Waals surface area contributed by atoms with Crippen molar-refractivity contribution in [1.82, 2.24) is 0 Å². The monoisotopic (exact) mass is 258 g/mol. The van der Waals surface area contributed by atoms with E-state index in [9.17, 15) is 0 Å². The van der Waals surface area contributed by atoms with Gasteiger partial charge in [0.15, 0.2) is 0 Å². The lowest BCUT2D eigenvalue weighted by Crippen LogP contribution is -2.14. The van der Waals surface area contributed by atoms with Crippen molar-refractivity contribution in [3.8, 4) is 0 Å². The number of hydrogen-bond donors (Lipinski definition) is 0. The summed E-state index contributed by atoms with van der Waals surface area (Å²) >= 11 is 5.41. The lowest BCUT2D eigenvalue weighted by molar-refractivity contribution is 0.281. The zero-order chi connectivity index (χ0) is 10.5. The quantitative estimate of drug-likeness (QED) is 0.532.